The minimum Gasteiger partial charge on any atom is -0.379 e. The highest BCUT2D eigenvalue weighted by Crippen LogP contribution is 2.06. The van der Waals surface area contributed by atoms with E-state index in [1.165, 1.54) is 6.33 Å². The van der Waals surface area contributed by atoms with Gasteiger partial charge < -0.3 is 4.74 Å². The fourth-order valence-corrected chi connectivity index (χ4v) is 1.40. The molecule has 6 nitrogen and oxygen atoms in total. The lowest BCUT2D eigenvalue weighted by molar-refractivity contribution is -0.137. The first-order valence-electron chi connectivity index (χ1n) is 5.11. The summed E-state index contributed by atoms with van der Waals surface area (Å²) in [4.78, 5) is 24.3. The molecule has 1 aliphatic heterocycles. The van der Waals surface area contributed by atoms with E-state index in [1.807, 2.05) is 0 Å². The van der Waals surface area contributed by atoms with Crippen LogP contribution in [0.2, 0.25) is 0 Å². The number of amides is 1. The van der Waals surface area contributed by atoms with Crippen molar-refractivity contribution in [2.75, 3.05) is 13.2 Å². The molecule has 86 valence electrons. The summed E-state index contributed by atoms with van der Waals surface area (Å²) < 4.78 is 5.11. The molecule has 6 heteroatoms. The third kappa shape index (κ3) is 3.25. The lowest BCUT2D eigenvalue weighted by Crippen LogP contribution is -2.31. The molecule has 2 rings (SSSR count). The average Bonchev–Trinajstić information content (AvgIpc) is 2.81. The summed E-state index contributed by atoms with van der Waals surface area (Å²) >= 11 is 0. The Morgan fingerprint density at radius 2 is 2.38 bits per heavy atom. The quantitative estimate of drug-likeness (QED) is 0.719. The fourth-order valence-electron chi connectivity index (χ4n) is 1.40. The highest BCUT2D eigenvalue weighted by atomic mass is 16.7. The van der Waals surface area contributed by atoms with E-state index < -0.39 is 0 Å². The van der Waals surface area contributed by atoms with Crippen LogP contribution in [0, 0.1) is 0 Å². The predicted octanol–water partition coefficient (Wildman–Crippen LogP) is -0.144. The van der Waals surface area contributed by atoms with Gasteiger partial charge in [-0.15, -0.1) is 0 Å². The number of rotatable bonds is 4. The molecule has 0 radical (unpaired) electrons. The number of carbonyl (C=O) groups excluding carboxylic acids is 1. The molecule has 1 saturated heterocycles. The van der Waals surface area contributed by atoms with E-state index in [9.17, 15) is 4.79 Å². The monoisotopic (exact) mass is 223 g/mol. The number of nitrogens with one attached hydrogen (secondary N) is 1. The Morgan fingerprint density at radius 3 is 3.06 bits per heavy atom. The van der Waals surface area contributed by atoms with Crippen LogP contribution < -0.4 is 5.48 Å². The van der Waals surface area contributed by atoms with Crippen LogP contribution in [-0.2, 0) is 20.8 Å². The number of carbonyl (C=O) groups is 1. The molecular weight excluding hydrogens is 210 g/mol. The van der Waals surface area contributed by atoms with Crippen LogP contribution in [0.1, 0.15) is 12.0 Å². The molecule has 2 heterocycles. The van der Waals surface area contributed by atoms with Crippen LogP contribution in [0.5, 0.6) is 0 Å². The van der Waals surface area contributed by atoms with Crippen molar-refractivity contribution >= 4 is 5.91 Å². The number of hydrogen-bond donors (Lipinski definition) is 1. The molecule has 1 aromatic rings. The molecule has 1 N–H and O–H groups in total. The molecule has 0 aromatic carbocycles. The summed E-state index contributed by atoms with van der Waals surface area (Å²) in [5.41, 5.74) is 3.15. The van der Waals surface area contributed by atoms with Crippen molar-refractivity contribution in [2.45, 2.75) is 18.9 Å². The molecule has 1 fully saturated rings. The Balaban J connectivity index is 1.72. The number of hydroxylamine groups is 1. The second kappa shape index (κ2) is 5.53. The minimum absolute atomic E-state index is 0.0315. The molecule has 0 saturated carbocycles. The lowest BCUT2D eigenvalue weighted by atomic mass is 10.2. The van der Waals surface area contributed by atoms with Gasteiger partial charge in [0.2, 0.25) is 5.91 Å². The number of nitrogens with zero attached hydrogens (tertiary/aromatic N) is 2. The van der Waals surface area contributed by atoms with Gasteiger partial charge in [0, 0.05) is 25.4 Å². The van der Waals surface area contributed by atoms with Crippen molar-refractivity contribution in [1.82, 2.24) is 15.4 Å². The Hall–Kier alpha value is -1.53. The maximum atomic E-state index is 11.4. The Labute approximate surface area is 92.9 Å². The SMILES string of the molecule is O=C(Cc1cncnc1)NOC1CCOC1. The van der Waals surface area contributed by atoms with Crippen LogP contribution in [0.15, 0.2) is 18.7 Å². The normalized spacial score (nSPS) is 19.6. The molecule has 1 atom stereocenters. The molecule has 0 spiro atoms. The number of ether oxygens (including phenoxy) is 1. The standard InChI is InChI=1S/C10H13N3O3/c14-10(3-8-4-11-7-12-5-8)13-16-9-1-2-15-6-9/h4-5,7,9H,1-3,6H2,(H,13,14). The van der Waals surface area contributed by atoms with Crippen molar-refractivity contribution in [3.8, 4) is 0 Å². The summed E-state index contributed by atoms with van der Waals surface area (Å²) in [5.74, 6) is -0.207. The van der Waals surface area contributed by atoms with Gasteiger partial charge in [-0.2, -0.15) is 0 Å². The van der Waals surface area contributed by atoms with E-state index in [-0.39, 0.29) is 18.4 Å². The zero-order valence-corrected chi connectivity index (χ0v) is 8.76. The van der Waals surface area contributed by atoms with E-state index in [2.05, 4.69) is 15.4 Å². The predicted molar refractivity (Wildman–Crippen MR) is 54.2 cm³/mol. The third-order valence-electron chi connectivity index (χ3n) is 2.21. The topological polar surface area (TPSA) is 73.3 Å². The van der Waals surface area contributed by atoms with Crippen molar-refractivity contribution in [3.63, 3.8) is 0 Å². The summed E-state index contributed by atoms with van der Waals surface area (Å²) in [7, 11) is 0. The van der Waals surface area contributed by atoms with Crippen molar-refractivity contribution in [2.24, 2.45) is 0 Å². The van der Waals surface area contributed by atoms with Crippen LogP contribution in [0.25, 0.3) is 0 Å². The van der Waals surface area contributed by atoms with Gasteiger partial charge in [-0.3, -0.25) is 9.63 Å². The highest BCUT2D eigenvalue weighted by Gasteiger charge is 2.17. The lowest BCUT2D eigenvalue weighted by Gasteiger charge is -2.09. The Bertz CT molecular complexity index is 338. The first-order chi connectivity index (χ1) is 7.84. The van der Waals surface area contributed by atoms with Crippen LogP contribution in [0.3, 0.4) is 0 Å². The summed E-state index contributed by atoms with van der Waals surface area (Å²) in [6.45, 7) is 1.22. The maximum Gasteiger partial charge on any atom is 0.248 e. The smallest absolute Gasteiger partial charge is 0.248 e. The molecule has 1 unspecified atom stereocenters. The first-order valence-corrected chi connectivity index (χ1v) is 5.11. The fraction of sp³-hybridized carbons (Fsp3) is 0.500. The van der Waals surface area contributed by atoms with Gasteiger partial charge in [-0.05, 0) is 5.56 Å². The van der Waals surface area contributed by atoms with E-state index in [0.717, 1.165) is 12.0 Å². The van der Waals surface area contributed by atoms with E-state index in [4.69, 9.17) is 9.57 Å². The second-order valence-electron chi connectivity index (χ2n) is 3.55. The first kappa shape index (κ1) is 11.0. The zero-order valence-electron chi connectivity index (χ0n) is 8.76. The molecule has 1 aliphatic rings. The molecule has 1 aromatic heterocycles. The Morgan fingerprint density at radius 1 is 1.56 bits per heavy atom. The van der Waals surface area contributed by atoms with Gasteiger partial charge in [-0.1, -0.05) is 0 Å². The van der Waals surface area contributed by atoms with Gasteiger partial charge in [0.1, 0.15) is 12.4 Å². The number of hydrogen-bond acceptors (Lipinski definition) is 5. The van der Waals surface area contributed by atoms with Crippen LogP contribution >= 0.6 is 0 Å². The van der Waals surface area contributed by atoms with Crippen molar-refractivity contribution < 1.29 is 14.4 Å². The average molecular weight is 223 g/mol. The van der Waals surface area contributed by atoms with Gasteiger partial charge >= 0.3 is 0 Å². The summed E-state index contributed by atoms with van der Waals surface area (Å²) in [5, 5.41) is 0. The number of aromatic nitrogens is 2. The van der Waals surface area contributed by atoms with Crippen molar-refractivity contribution in [1.29, 1.82) is 0 Å². The molecule has 1 amide bonds. The molecule has 0 bridgehead atoms. The van der Waals surface area contributed by atoms with Crippen molar-refractivity contribution in [3.05, 3.63) is 24.3 Å². The Kier molecular flexibility index (Phi) is 3.79. The van der Waals surface area contributed by atoms with E-state index >= 15 is 0 Å². The molecular formula is C10H13N3O3. The van der Waals surface area contributed by atoms with Crippen LogP contribution in [0.4, 0.5) is 0 Å². The zero-order chi connectivity index (χ0) is 11.2. The van der Waals surface area contributed by atoms with Gasteiger partial charge in [-0.25, -0.2) is 15.4 Å². The summed E-state index contributed by atoms with van der Waals surface area (Å²) in [6, 6.07) is 0. The van der Waals surface area contributed by atoms with E-state index in [0.29, 0.717) is 13.2 Å². The molecule has 0 aliphatic carbocycles. The third-order valence-corrected chi connectivity index (χ3v) is 2.21. The van der Waals surface area contributed by atoms with Crippen LogP contribution in [-0.4, -0.2) is 35.2 Å². The highest BCUT2D eigenvalue weighted by molar-refractivity contribution is 5.77. The largest absolute Gasteiger partial charge is 0.379 e. The summed E-state index contributed by atoms with van der Waals surface area (Å²) in [6.07, 6.45) is 5.63. The van der Waals surface area contributed by atoms with Gasteiger partial charge in [0.15, 0.2) is 0 Å². The van der Waals surface area contributed by atoms with E-state index in [1.54, 1.807) is 12.4 Å². The maximum absolute atomic E-state index is 11.4. The second-order valence-corrected chi connectivity index (χ2v) is 3.55. The van der Waals surface area contributed by atoms with Gasteiger partial charge in [0.25, 0.3) is 0 Å². The van der Waals surface area contributed by atoms with Gasteiger partial charge in [0.05, 0.1) is 13.0 Å². The molecule has 16 heavy (non-hydrogen) atoms. The minimum atomic E-state index is -0.207.